The van der Waals surface area contributed by atoms with Crippen molar-refractivity contribution in [2.24, 2.45) is 0 Å². The van der Waals surface area contributed by atoms with Crippen LogP contribution in [0.25, 0.3) is 11.0 Å². The van der Waals surface area contributed by atoms with Crippen molar-refractivity contribution in [2.75, 3.05) is 26.8 Å². The normalized spacial score (nSPS) is 10.7. The molecular formula is C25H25FN2O5. The van der Waals surface area contributed by atoms with Crippen LogP contribution in [0.3, 0.4) is 0 Å². The molecule has 0 fully saturated rings. The summed E-state index contributed by atoms with van der Waals surface area (Å²) < 4.78 is 23.8. The van der Waals surface area contributed by atoms with Gasteiger partial charge in [-0.2, -0.15) is 0 Å². The molecule has 1 aromatic heterocycles. The van der Waals surface area contributed by atoms with Crippen LogP contribution in [0.5, 0.6) is 0 Å². The van der Waals surface area contributed by atoms with E-state index in [-0.39, 0.29) is 44.1 Å². The van der Waals surface area contributed by atoms with Gasteiger partial charge in [-0.05, 0) is 29.8 Å². The number of benzene rings is 2. The SMILES string of the molecule is C=CCN(CC(=O)N(Cc1ccc(F)cc1)Cc1coc2ccccc2c1=O)C(=O)COC. The molecule has 0 bridgehead atoms. The number of hydrogen-bond acceptors (Lipinski definition) is 5. The van der Waals surface area contributed by atoms with Crippen molar-refractivity contribution in [2.45, 2.75) is 13.1 Å². The summed E-state index contributed by atoms with van der Waals surface area (Å²) in [4.78, 5) is 41.3. The molecule has 3 rings (SSSR count). The molecule has 0 unspecified atom stereocenters. The Morgan fingerprint density at radius 3 is 2.48 bits per heavy atom. The fourth-order valence-electron chi connectivity index (χ4n) is 3.36. The Balaban J connectivity index is 1.90. The van der Waals surface area contributed by atoms with E-state index in [4.69, 9.17) is 9.15 Å². The van der Waals surface area contributed by atoms with Crippen molar-refractivity contribution in [3.8, 4) is 0 Å². The molecule has 0 spiro atoms. The standard InChI is InChI=1S/C25H25FN2O5/c1-3-12-27(24(30)17-32-2)15-23(29)28(13-18-8-10-20(26)11-9-18)14-19-16-33-22-7-5-4-6-21(22)25(19)31/h3-11,16H,1,12-15,17H2,2H3. The summed E-state index contributed by atoms with van der Waals surface area (Å²) in [5, 5.41) is 0.410. The van der Waals surface area contributed by atoms with Crippen LogP contribution >= 0.6 is 0 Å². The van der Waals surface area contributed by atoms with E-state index in [9.17, 15) is 18.8 Å². The van der Waals surface area contributed by atoms with Crippen LogP contribution in [-0.4, -0.2) is 48.4 Å². The number of fused-ring (bicyclic) bond motifs is 1. The lowest BCUT2D eigenvalue weighted by molar-refractivity contribution is -0.142. The third kappa shape index (κ3) is 6.14. The van der Waals surface area contributed by atoms with Gasteiger partial charge in [-0.15, -0.1) is 6.58 Å². The van der Waals surface area contributed by atoms with Crippen molar-refractivity contribution >= 4 is 22.8 Å². The lowest BCUT2D eigenvalue weighted by atomic mass is 10.1. The first kappa shape index (κ1) is 23.9. The molecule has 1 heterocycles. The van der Waals surface area contributed by atoms with Crippen LogP contribution in [-0.2, 0) is 27.4 Å². The second-order valence-corrected chi connectivity index (χ2v) is 7.46. The fraction of sp³-hybridized carbons (Fsp3) is 0.240. The highest BCUT2D eigenvalue weighted by Gasteiger charge is 2.22. The average Bonchev–Trinajstić information content (AvgIpc) is 2.81. The lowest BCUT2D eigenvalue weighted by Gasteiger charge is -2.27. The summed E-state index contributed by atoms with van der Waals surface area (Å²) in [5.41, 5.74) is 1.17. The maximum absolute atomic E-state index is 13.3. The van der Waals surface area contributed by atoms with Crippen LogP contribution in [0.4, 0.5) is 4.39 Å². The van der Waals surface area contributed by atoms with Gasteiger partial charge >= 0.3 is 0 Å². The third-order valence-corrected chi connectivity index (χ3v) is 5.05. The second kappa shape index (κ2) is 11.2. The molecule has 7 nitrogen and oxygen atoms in total. The van der Waals surface area contributed by atoms with Crippen LogP contribution in [0.1, 0.15) is 11.1 Å². The molecule has 0 saturated carbocycles. The average molecular weight is 452 g/mol. The Bertz CT molecular complexity index is 1190. The van der Waals surface area contributed by atoms with Crippen LogP contribution < -0.4 is 5.43 Å². The molecule has 3 aromatic rings. The minimum atomic E-state index is -0.394. The Morgan fingerprint density at radius 1 is 1.06 bits per heavy atom. The molecule has 0 saturated heterocycles. The summed E-state index contributed by atoms with van der Waals surface area (Å²) in [6.07, 6.45) is 2.86. The van der Waals surface area contributed by atoms with Gasteiger partial charge in [-0.25, -0.2) is 4.39 Å². The fourth-order valence-corrected chi connectivity index (χ4v) is 3.36. The maximum Gasteiger partial charge on any atom is 0.249 e. The number of carbonyl (C=O) groups excluding carboxylic acids is 2. The Hall–Kier alpha value is -3.78. The molecule has 2 amide bonds. The number of para-hydroxylation sites is 1. The molecular weight excluding hydrogens is 427 g/mol. The lowest BCUT2D eigenvalue weighted by Crippen LogP contribution is -2.44. The zero-order chi connectivity index (χ0) is 23.8. The summed E-state index contributed by atoms with van der Waals surface area (Å²) in [6, 6.07) is 12.6. The number of carbonyl (C=O) groups is 2. The zero-order valence-corrected chi connectivity index (χ0v) is 18.3. The molecule has 0 aliphatic carbocycles. The van der Waals surface area contributed by atoms with E-state index in [1.165, 1.54) is 41.4 Å². The van der Waals surface area contributed by atoms with E-state index in [2.05, 4.69) is 6.58 Å². The monoisotopic (exact) mass is 452 g/mol. The molecule has 0 aliphatic heterocycles. The van der Waals surface area contributed by atoms with Gasteiger partial charge in [-0.3, -0.25) is 14.4 Å². The predicted molar refractivity (Wildman–Crippen MR) is 122 cm³/mol. The van der Waals surface area contributed by atoms with Crippen LogP contribution in [0.2, 0.25) is 0 Å². The number of ether oxygens (including phenoxy) is 1. The number of halogens is 1. The first-order chi connectivity index (χ1) is 15.9. The van der Waals surface area contributed by atoms with Gasteiger partial charge in [0.15, 0.2) is 5.43 Å². The van der Waals surface area contributed by atoms with E-state index < -0.39 is 11.7 Å². The predicted octanol–water partition coefficient (Wildman–Crippen LogP) is 3.12. The minimum Gasteiger partial charge on any atom is -0.464 e. The summed E-state index contributed by atoms with van der Waals surface area (Å²) >= 11 is 0. The van der Waals surface area contributed by atoms with Gasteiger partial charge in [0.1, 0.15) is 24.6 Å². The highest BCUT2D eigenvalue weighted by molar-refractivity contribution is 5.85. The smallest absolute Gasteiger partial charge is 0.249 e. The second-order valence-electron chi connectivity index (χ2n) is 7.46. The first-order valence-corrected chi connectivity index (χ1v) is 10.3. The number of hydrogen-bond donors (Lipinski definition) is 0. The summed E-state index contributed by atoms with van der Waals surface area (Å²) in [5.74, 6) is -1.15. The van der Waals surface area contributed by atoms with Crippen molar-refractivity contribution in [3.63, 3.8) is 0 Å². The van der Waals surface area contributed by atoms with Gasteiger partial charge in [0.05, 0.1) is 23.8 Å². The van der Waals surface area contributed by atoms with Gasteiger partial charge in [-0.1, -0.05) is 30.3 Å². The quantitative estimate of drug-likeness (QED) is 0.442. The third-order valence-electron chi connectivity index (χ3n) is 5.05. The summed E-state index contributed by atoms with van der Waals surface area (Å²) in [7, 11) is 1.39. The zero-order valence-electron chi connectivity index (χ0n) is 18.3. The first-order valence-electron chi connectivity index (χ1n) is 10.3. The van der Waals surface area contributed by atoms with Gasteiger partial charge in [0.25, 0.3) is 0 Å². The van der Waals surface area contributed by atoms with Gasteiger partial charge in [0.2, 0.25) is 11.8 Å². The topological polar surface area (TPSA) is 80.1 Å². The Morgan fingerprint density at radius 2 is 1.79 bits per heavy atom. The van der Waals surface area contributed by atoms with Crippen LogP contribution in [0, 0.1) is 5.82 Å². The molecule has 0 atom stereocenters. The molecule has 0 radical (unpaired) electrons. The molecule has 0 N–H and O–H groups in total. The molecule has 0 aliphatic rings. The highest BCUT2D eigenvalue weighted by atomic mass is 19.1. The van der Waals surface area contributed by atoms with Crippen LogP contribution in [0.15, 0.2) is 76.7 Å². The largest absolute Gasteiger partial charge is 0.464 e. The van der Waals surface area contributed by atoms with E-state index >= 15 is 0 Å². The molecule has 2 aromatic carbocycles. The summed E-state index contributed by atoms with van der Waals surface area (Å²) in [6.45, 7) is 3.47. The molecule has 8 heteroatoms. The maximum atomic E-state index is 13.3. The molecule has 172 valence electrons. The minimum absolute atomic E-state index is 0.0379. The van der Waals surface area contributed by atoms with E-state index in [0.717, 1.165) is 0 Å². The van der Waals surface area contributed by atoms with E-state index in [0.29, 0.717) is 22.1 Å². The molecule has 33 heavy (non-hydrogen) atoms. The number of rotatable bonds is 10. The van der Waals surface area contributed by atoms with Gasteiger partial charge < -0.3 is 19.0 Å². The van der Waals surface area contributed by atoms with Gasteiger partial charge in [0, 0.05) is 20.2 Å². The highest BCUT2D eigenvalue weighted by Crippen LogP contribution is 2.14. The number of nitrogens with zero attached hydrogens (tertiary/aromatic N) is 2. The van der Waals surface area contributed by atoms with Crippen molar-refractivity contribution in [1.29, 1.82) is 0 Å². The van der Waals surface area contributed by atoms with Crippen molar-refractivity contribution < 1.29 is 23.1 Å². The number of amides is 2. The Labute approximate surface area is 190 Å². The van der Waals surface area contributed by atoms with Crippen molar-refractivity contribution in [3.05, 3.63) is 94.6 Å². The van der Waals surface area contributed by atoms with E-state index in [1.54, 1.807) is 36.4 Å². The number of methoxy groups -OCH3 is 1. The Kier molecular flexibility index (Phi) is 8.10. The van der Waals surface area contributed by atoms with Crippen molar-refractivity contribution in [1.82, 2.24) is 9.80 Å². The van der Waals surface area contributed by atoms with E-state index in [1.807, 2.05) is 0 Å².